The van der Waals surface area contributed by atoms with Crippen molar-refractivity contribution in [1.82, 2.24) is 14.8 Å². The maximum atomic E-state index is 13.2. The number of ether oxygens (including phenoxy) is 2. The summed E-state index contributed by atoms with van der Waals surface area (Å²) in [5, 5.41) is 5.57. The Balaban J connectivity index is 1.40. The molecule has 0 aliphatic rings. The van der Waals surface area contributed by atoms with Crippen LogP contribution in [0, 0.1) is 5.92 Å². The van der Waals surface area contributed by atoms with Crippen LogP contribution in [0.15, 0.2) is 97.2 Å². The van der Waals surface area contributed by atoms with Gasteiger partial charge in [-0.1, -0.05) is 68.4 Å². The molecule has 8 heteroatoms. The molecule has 1 unspecified atom stereocenters. The van der Waals surface area contributed by atoms with Gasteiger partial charge in [0.15, 0.2) is 6.23 Å². The molecule has 0 N–H and O–H groups in total. The predicted molar refractivity (Wildman–Crippen MR) is 144 cm³/mol. The number of pyridine rings is 1. The van der Waals surface area contributed by atoms with Crippen LogP contribution in [-0.2, 0) is 17.8 Å². The Morgan fingerprint density at radius 3 is 2.41 bits per heavy atom. The Hall–Kier alpha value is -4.17. The highest BCUT2D eigenvalue weighted by molar-refractivity contribution is 5.78. The normalized spacial score (nSPS) is 12.7. The lowest BCUT2D eigenvalue weighted by Crippen LogP contribution is -2.24. The van der Waals surface area contributed by atoms with Crippen molar-refractivity contribution in [1.29, 1.82) is 0 Å². The number of para-hydroxylation sites is 1. The van der Waals surface area contributed by atoms with Crippen molar-refractivity contribution >= 4 is 10.9 Å². The lowest BCUT2D eigenvalue weighted by Gasteiger charge is -2.20. The smallest absolute Gasteiger partial charge is 0.487 e. The highest BCUT2D eigenvalue weighted by atomic mass is 19.4. The van der Waals surface area contributed by atoms with E-state index in [1.165, 1.54) is 10.9 Å². The summed E-state index contributed by atoms with van der Waals surface area (Å²) in [4.78, 5) is 4.67. The fraction of sp³-hybridized carbons (Fsp3) is 0.226. The van der Waals surface area contributed by atoms with Crippen LogP contribution in [0.3, 0.4) is 0 Å². The maximum Gasteiger partial charge on any atom is 0.524 e. The first-order chi connectivity index (χ1) is 18.7. The molecule has 0 fully saturated rings. The van der Waals surface area contributed by atoms with E-state index in [0.29, 0.717) is 29.5 Å². The quantitative estimate of drug-likeness (QED) is 0.194. The molecule has 1 atom stereocenters. The van der Waals surface area contributed by atoms with Crippen LogP contribution in [-0.4, -0.2) is 21.1 Å². The van der Waals surface area contributed by atoms with Crippen LogP contribution in [0.25, 0.3) is 22.2 Å². The monoisotopic (exact) mass is 531 g/mol. The molecule has 0 bridgehead atoms. The lowest BCUT2D eigenvalue weighted by atomic mass is 9.96. The molecule has 39 heavy (non-hydrogen) atoms. The molecule has 5 aromatic rings. The van der Waals surface area contributed by atoms with Crippen molar-refractivity contribution in [3.05, 3.63) is 114 Å². The first kappa shape index (κ1) is 26.4. The molecule has 5 rings (SSSR count). The molecular formula is C31H28F3N3O2. The number of hydrogen-bond donors (Lipinski definition) is 0. The molecule has 0 radical (unpaired) electrons. The van der Waals surface area contributed by atoms with Crippen LogP contribution < -0.4 is 4.74 Å². The van der Waals surface area contributed by atoms with Crippen LogP contribution in [0.4, 0.5) is 13.2 Å². The van der Waals surface area contributed by atoms with E-state index in [2.05, 4.69) is 28.7 Å². The summed E-state index contributed by atoms with van der Waals surface area (Å²) in [5.41, 5.74) is 4.45. The summed E-state index contributed by atoms with van der Waals surface area (Å²) >= 11 is 0. The first-order valence-electron chi connectivity index (χ1n) is 12.7. The van der Waals surface area contributed by atoms with Crippen LogP contribution in [0.5, 0.6) is 5.75 Å². The van der Waals surface area contributed by atoms with E-state index in [9.17, 15) is 13.2 Å². The molecule has 5 nitrogen and oxygen atoms in total. The molecule has 3 aromatic carbocycles. The highest BCUT2D eigenvalue weighted by Gasteiger charge is 2.35. The predicted octanol–water partition coefficient (Wildman–Crippen LogP) is 7.96. The van der Waals surface area contributed by atoms with Crippen LogP contribution >= 0.6 is 0 Å². The zero-order valence-corrected chi connectivity index (χ0v) is 21.6. The SMILES string of the molecule is CC(C)Cc1cc(OCc2ccc3ccccc3n2)ccc1-c1ccn(C(OC(F)(F)F)c2ccccc2)n1. The summed E-state index contributed by atoms with van der Waals surface area (Å²) in [7, 11) is 0. The number of benzene rings is 3. The van der Waals surface area contributed by atoms with Crippen molar-refractivity contribution in [2.45, 2.75) is 39.5 Å². The van der Waals surface area contributed by atoms with Gasteiger partial charge in [-0.05, 0) is 54.3 Å². The van der Waals surface area contributed by atoms with E-state index in [4.69, 9.17) is 4.74 Å². The van der Waals surface area contributed by atoms with E-state index < -0.39 is 12.6 Å². The second kappa shape index (κ2) is 11.3. The second-order valence-corrected chi connectivity index (χ2v) is 9.71. The maximum absolute atomic E-state index is 13.2. The van der Waals surface area contributed by atoms with Crippen molar-refractivity contribution < 1.29 is 22.6 Å². The average Bonchev–Trinajstić information content (AvgIpc) is 3.40. The number of hydrogen-bond acceptors (Lipinski definition) is 4. The van der Waals surface area contributed by atoms with Gasteiger partial charge in [0.1, 0.15) is 12.4 Å². The largest absolute Gasteiger partial charge is 0.524 e. The zero-order valence-electron chi connectivity index (χ0n) is 21.6. The minimum absolute atomic E-state index is 0.313. The Bertz CT molecular complexity index is 1550. The molecule has 0 aliphatic carbocycles. The third kappa shape index (κ3) is 6.64. The van der Waals surface area contributed by atoms with Gasteiger partial charge in [-0.3, -0.25) is 4.74 Å². The molecule has 0 saturated carbocycles. The van der Waals surface area contributed by atoms with Crippen molar-refractivity contribution in [3.63, 3.8) is 0 Å². The molecule has 2 heterocycles. The molecule has 2 aromatic heterocycles. The molecule has 200 valence electrons. The van der Waals surface area contributed by atoms with Crippen LogP contribution in [0.2, 0.25) is 0 Å². The minimum Gasteiger partial charge on any atom is -0.487 e. The first-order valence-corrected chi connectivity index (χ1v) is 12.7. The zero-order chi connectivity index (χ0) is 27.4. The Morgan fingerprint density at radius 2 is 1.64 bits per heavy atom. The van der Waals surface area contributed by atoms with Gasteiger partial charge in [0, 0.05) is 22.7 Å². The van der Waals surface area contributed by atoms with Gasteiger partial charge in [-0.15, -0.1) is 13.2 Å². The van der Waals surface area contributed by atoms with Gasteiger partial charge < -0.3 is 4.74 Å². The van der Waals surface area contributed by atoms with Crippen LogP contribution in [0.1, 0.15) is 36.9 Å². The molecule has 0 spiro atoms. The molecule has 0 aliphatic heterocycles. The van der Waals surface area contributed by atoms with Gasteiger partial charge in [0.2, 0.25) is 0 Å². The second-order valence-electron chi connectivity index (χ2n) is 9.71. The van der Waals surface area contributed by atoms with E-state index in [-0.39, 0.29) is 0 Å². The fourth-order valence-corrected chi connectivity index (χ4v) is 4.50. The minimum atomic E-state index is -4.83. The Kier molecular flexibility index (Phi) is 7.65. The number of aromatic nitrogens is 3. The van der Waals surface area contributed by atoms with Gasteiger partial charge in [0.05, 0.1) is 16.9 Å². The highest BCUT2D eigenvalue weighted by Crippen LogP contribution is 2.32. The van der Waals surface area contributed by atoms with E-state index in [0.717, 1.165) is 34.1 Å². The summed E-state index contributed by atoms with van der Waals surface area (Å²) in [5.74, 6) is 1.03. The Labute approximate surface area is 224 Å². The van der Waals surface area contributed by atoms with Crippen molar-refractivity contribution in [2.75, 3.05) is 0 Å². The van der Waals surface area contributed by atoms with E-state index in [1.54, 1.807) is 36.4 Å². The summed E-state index contributed by atoms with van der Waals surface area (Å²) in [6, 6.07) is 27.5. The van der Waals surface area contributed by atoms with E-state index in [1.807, 2.05) is 54.6 Å². The third-order valence-corrected chi connectivity index (χ3v) is 6.20. The number of alkyl halides is 3. The molecule has 0 saturated heterocycles. The summed E-state index contributed by atoms with van der Waals surface area (Å²) in [6.07, 6.45) is -4.01. The molecule has 0 amide bonds. The van der Waals surface area contributed by atoms with Gasteiger partial charge in [0.25, 0.3) is 0 Å². The summed E-state index contributed by atoms with van der Waals surface area (Å²) in [6.45, 7) is 4.53. The van der Waals surface area contributed by atoms with Crippen molar-refractivity contribution in [3.8, 4) is 17.0 Å². The summed E-state index contributed by atoms with van der Waals surface area (Å²) < 4.78 is 51.5. The van der Waals surface area contributed by atoms with Crippen molar-refractivity contribution in [2.24, 2.45) is 5.92 Å². The lowest BCUT2D eigenvalue weighted by molar-refractivity contribution is -0.349. The number of nitrogens with zero attached hydrogens (tertiary/aromatic N) is 3. The number of halogens is 3. The number of fused-ring (bicyclic) bond motifs is 1. The van der Waals surface area contributed by atoms with Gasteiger partial charge in [-0.25, -0.2) is 9.67 Å². The number of rotatable bonds is 9. The Morgan fingerprint density at radius 1 is 0.872 bits per heavy atom. The fourth-order valence-electron chi connectivity index (χ4n) is 4.50. The van der Waals surface area contributed by atoms with E-state index >= 15 is 0 Å². The standard InChI is InChI=1S/C31H28F3N3O2/c1-21(2)18-24-19-26(38-20-25-13-12-22-8-6-7-11-28(22)35-25)14-15-27(24)29-16-17-37(36-29)30(39-31(32,33)34)23-9-4-3-5-10-23/h3-17,19,21,30H,18,20H2,1-2H3. The third-order valence-electron chi connectivity index (χ3n) is 6.20. The topological polar surface area (TPSA) is 49.2 Å². The average molecular weight is 532 g/mol. The van der Waals surface area contributed by atoms with Gasteiger partial charge in [-0.2, -0.15) is 5.10 Å². The van der Waals surface area contributed by atoms with Gasteiger partial charge >= 0.3 is 6.36 Å². The molecular weight excluding hydrogens is 503 g/mol.